The smallest absolute Gasteiger partial charge is 0.325 e. The van der Waals surface area contributed by atoms with Gasteiger partial charge in [-0.3, -0.25) is 4.79 Å². The van der Waals surface area contributed by atoms with Gasteiger partial charge < -0.3 is 19.7 Å². The minimum absolute atomic E-state index is 0.191. The van der Waals surface area contributed by atoms with Gasteiger partial charge in [0.05, 0.1) is 7.11 Å². The van der Waals surface area contributed by atoms with E-state index in [0.29, 0.717) is 6.54 Å². The van der Waals surface area contributed by atoms with E-state index in [1.54, 1.807) is 0 Å². The first-order valence-corrected chi connectivity index (χ1v) is 5.30. The Morgan fingerprint density at radius 1 is 1.62 bits per heavy atom. The maximum absolute atomic E-state index is 11.1. The molecule has 5 heteroatoms. The number of aliphatic hydroxyl groups excluding tert-OH is 1. The quantitative estimate of drug-likeness (QED) is 0.512. The van der Waals surface area contributed by atoms with Crippen LogP contribution in [0, 0.1) is 0 Å². The van der Waals surface area contributed by atoms with Crippen molar-refractivity contribution in [2.24, 2.45) is 0 Å². The molecule has 0 atom stereocenters. The maximum atomic E-state index is 11.1. The summed E-state index contributed by atoms with van der Waals surface area (Å²) in [6.07, 6.45) is 2.58. The summed E-state index contributed by atoms with van der Waals surface area (Å²) in [5.41, 5.74) is 1.03. The van der Waals surface area contributed by atoms with Gasteiger partial charge in [0.15, 0.2) is 0 Å². The van der Waals surface area contributed by atoms with Crippen LogP contribution >= 0.6 is 0 Å². The van der Waals surface area contributed by atoms with Crippen molar-refractivity contribution in [3.8, 4) is 0 Å². The highest BCUT2D eigenvalue weighted by atomic mass is 16.5. The number of carbonyl (C=O) groups excluding carboxylic acids is 1. The number of hydrogen-bond acceptors (Lipinski definition) is 4. The Bertz CT molecular complexity index is 323. The van der Waals surface area contributed by atoms with Gasteiger partial charge >= 0.3 is 5.97 Å². The van der Waals surface area contributed by atoms with Crippen molar-refractivity contribution < 1.29 is 14.6 Å². The normalized spacial score (nSPS) is 10.4. The third-order valence-corrected chi connectivity index (χ3v) is 2.27. The highest BCUT2D eigenvalue weighted by Gasteiger charge is 2.05. The molecular weight excluding hydrogens is 208 g/mol. The molecule has 1 aromatic rings. The topological polar surface area (TPSA) is 63.5 Å². The van der Waals surface area contributed by atoms with E-state index in [1.807, 2.05) is 22.9 Å². The summed E-state index contributed by atoms with van der Waals surface area (Å²) < 4.78 is 6.45. The number of hydrogen-bond donors (Lipinski definition) is 2. The molecule has 0 aliphatic carbocycles. The molecule has 0 saturated heterocycles. The Morgan fingerprint density at radius 2 is 2.44 bits per heavy atom. The number of ether oxygens (including phenoxy) is 1. The van der Waals surface area contributed by atoms with Gasteiger partial charge in [0.25, 0.3) is 0 Å². The second-order valence-corrected chi connectivity index (χ2v) is 3.46. The van der Waals surface area contributed by atoms with E-state index >= 15 is 0 Å². The Morgan fingerprint density at radius 3 is 3.12 bits per heavy atom. The van der Waals surface area contributed by atoms with Crippen molar-refractivity contribution in [2.75, 3.05) is 20.3 Å². The van der Waals surface area contributed by atoms with Crippen molar-refractivity contribution >= 4 is 5.97 Å². The number of rotatable bonds is 7. The number of carbonyl (C=O) groups is 1. The molecule has 0 saturated carbocycles. The van der Waals surface area contributed by atoms with E-state index in [4.69, 9.17) is 5.11 Å². The van der Waals surface area contributed by atoms with Gasteiger partial charge in [0, 0.05) is 25.0 Å². The highest BCUT2D eigenvalue weighted by molar-refractivity contribution is 5.69. The molecule has 0 amide bonds. The molecule has 0 bridgehead atoms. The SMILES string of the molecule is COC(=O)Cn1cccc1CNCCCO. The van der Waals surface area contributed by atoms with Crippen molar-refractivity contribution in [3.63, 3.8) is 0 Å². The third-order valence-electron chi connectivity index (χ3n) is 2.27. The summed E-state index contributed by atoms with van der Waals surface area (Å²) >= 11 is 0. The molecule has 0 unspecified atom stereocenters. The predicted molar refractivity (Wildman–Crippen MR) is 59.9 cm³/mol. The molecule has 0 fully saturated rings. The number of esters is 1. The molecular formula is C11H18N2O3. The van der Waals surface area contributed by atoms with Crippen LogP contribution in [0.4, 0.5) is 0 Å². The van der Waals surface area contributed by atoms with Crippen LogP contribution in [0.2, 0.25) is 0 Å². The Hall–Kier alpha value is -1.33. The summed E-state index contributed by atoms with van der Waals surface area (Å²) in [6, 6.07) is 3.85. The Balaban J connectivity index is 2.41. The first-order chi connectivity index (χ1) is 7.77. The lowest BCUT2D eigenvalue weighted by molar-refractivity contribution is -0.141. The van der Waals surface area contributed by atoms with Gasteiger partial charge in [-0.15, -0.1) is 0 Å². The van der Waals surface area contributed by atoms with E-state index in [2.05, 4.69) is 10.1 Å². The molecule has 0 radical (unpaired) electrons. The first-order valence-electron chi connectivity index (χ1n) is 5.30. The van der Waals surface area contributed by atoms with Gasteiger partial charge in [-0.2, -0.15) is 0 Å². The molecule has 2 N–H and O–H groups in total. The van der Waals surface area contributed by atoms with Crippen LogP contribution in [0.5, 0.6) is 0 Å². The zero-order valence-electron chi connectivity index (χ0n) is 9.48. The van der Waals surface area contributed by atoms with E-state index < -0.39 is 0 Å². The average molecular weight is 226 g/mol. The summed E-state index contributed by atoms with van der Waals surface area (Å²) in [5.74, 6) is -0.257. The highest BCUT2D eigenvalue weighted by Crippen LogP contribution is 2.02. The monoisotopic (exact) mass is 226 g/mol. The van der Waals surface area contributed by atoms with Crippen molar-refractivity contribution in [1.29, 1.82) is 0 Å². The van der Waals surface area contributed by atoms with Gasteiger partial charge in [-0.05, 0) is 25.1 Å². The van der Waals surface area contributed by atoms with Gasteiger partial charge in [-0.1, -0.05) is 0 Å². The number of nitrogens with one attached hydrogen (secondary N) is 1. The Labute approximate surface area is 95.0 Å². The summed E-state index contributed by atoms with van der Waals surface area (Å²) in [4.78, 5) is 11.1. The van der Waals surface area contributed by atoms with Crippen LogP contribution in [0.25, 0.3) is 0 Å². The van der Waals surface area contributed by atoms with Crippen LogP contribution in [-0.2, 0) is 22.6 Å². The molecule has 90 valence electrons. The molecule has 16 heavy (non-hydrogen) atoms. The molecule has 0 aromatic carbocycles. The minimum Gasteiger partial charge on any atom is -0.468 e. The largest absolute Gasteiger partial charge is 0.468 e. The van der Waals surface area contributed by atoms with E-state index in [9.17, 15) is 4.79 Å². The summed E-state index contributed by atoms with van der Waals surface area (Å²) in [6.45, 7) is 1.88. The molecule has 0 aliphatic heterocycles. The number of aromatic nitrogens is 1. The number of aliphatic hydroxyl groups is 1. The van der Waals surface area contributed by atoms with Gasteiger partial charge in [0.1, 0.15) is 6.54 Å². The predicted octanol–water partition coefficient (Wildman–Crippen LogP) is 0.133. The lowest BCUT2D eigenvalue weighted by Crippen LogP contribution is -2.20. The first kappa shape index (κ1) is 12.7. The lowest BCUT2D eigenvalue weighted by Gasteiger charge is -2.08. The van der Waals surface area contributed by atoms with Gasteiger partial charge in [-0.25, -0.2) is 0 Å². The molecule has 1 aromatic heterocycles. The summed E-state index contributed by atoms with van der Waals surface area (Å²) in [7, 11) is 1.38. The van der Waals surface area contributed by atoms with Crippen molar-refractivity contribution in [2.45, 2.75) is 19.5 Å². The molecule has 0 aliphatic rings. The maximum Gasteiger partial charge on any atom is 0.325 e. The second kappa shape index (κ2) is 7.03. The standard InChI is InChI=1S/C11H18N2O3/c1-16-11(15)9-13-6-2-4-10(13)8-12-5-3-7-14/h2,4,6,12,14H,3,5,7-9H2,1H3. The zero-order valence-corrected chi connectivity index (χ0v) is 9.48. The molecule has 0 spiro atoms. The minimum atomic E-state index is -0.257. The fourth-order valence-corrected chi connectivity index (χ4v) is 1.39. The zero-order chi connectivity index (χ0) is 11.8. The van der Waals surface area contributed by atoms with E-state index in [0.717, 1.165) is 18.7 Å². The van der Waals surface area contributed by atoms with E-state index in [1.165, 1.54) is 7.11 Å². The van der Waals surface area contributed by atoms with Crippen LogP contribution in [0.1, 0.15) is 12.1 Å². The van der Waals surface area contributed by atoms with Gasteiger partial charge in [0.2, 0.25) is 0 Å². The lowest BCUT2D eigenvalue weighted by atomic mass is 10.4. The number of methoxy groups -OCH3 is 1. The summed E-state index contributed by atoms with van der Waals surface area (Å²) in [5, 5.41) is 11.8. The fourth-order valence-electron chi connectivity index (χ4n) is 1.39. The third kappa shape index (κ3) is 4.04. The average Bonchev–Trinajstić information content (AvgIpc) is 2.72. The van der Waals surface area contributed by atoms with Crippen molar-refractivity contribution in [1.82, 2.24) is 9.88 Å². The molecule has 1 rings (SSSR count). The number of nitrogens with zero attached hydrogens (tertiary/aromatic N) is 1. The molecule has 1 heterocycles. The molecule has 5 nitrogen and oxygen atoms in total. The van der Waals surface area contributed by atoms with Crippen LogP contribution < -0.4 is 5.32 Å². The fraction of sp³-hybridized carbons (Fsp3) is 0.545. The van der Waals surface area contributed by atoms with Crippen LogP contribution in [0.3, 0.4) is 0 Å². The second-order valence-electron chi connectivity index (χ2n) is 3.46. The van der Waals surface area contributed by atoms with E-state index in [-0.39, 0.29) is 19.1 Å². The van der Waals surface area contributed by atoms with Crippen molar-refractivity contribution in [3.05, 3.63) is 24.0 Å². The Kier molecular flexibility index (Phi) is 5.60. The van der Waals surface area contributed by atoms with Crippen LogP contribution in [0.15, 0.2) is 18.3 Å². The van der Waals surface area contributed by atoms with Crippen LogP contribution in [-0.4, -0.2) is 35.9 Å².